The van der Waals surface area contributed by atoms with Gasteiger partial charge < -0.3 is 20.4 Å². The number of piperazine rings is 1. The molecule has 1 saturated carbocycles. The number of benzene rings is 1. The van der Waals surface area contributed by atoms with Crippen LogP contribution in [-0.2, 0) is 16.1 Å². The number of carbonyl (C=O) groups excluding carboxylic acids is 2. The molecule has 3 fully saturated rings. The smallest absolute Gasteiger partial charge is 0.335 e. The van der Waals surface area contributed by atoms with Gasteiger partial charge in [-0.1, -0.05) is 44.7 Å². The lowest BCUT2D eigenvalue weighted by Gasteiger charge is -2.52. The van der Waals surface area contributed by atoms with Gasteiger partial charge in [-0.15, -0.1) is 12.4 Å². The number of amides is 2. The summed E-state index contributed by atoms with van der Waals surface area (Å²) in [7, 11) is 0. The average molecular weight is 522 g/mol. The number of aliphatic hydroxyl groups is 1. The Morgan fingerprint density at radius 1 is 1.11 bits per heavy atom. The maximum Gasteiger partial charge on any atom is 0.335 e. The van der Waals surface area contributed by atoms with Crippen molar-refractivity contribution in [2.75, 3.05) is 19.6 Å². The first-order valence-electron chi connectivity index (χ1n) is 13.2. The molecule has 1 aromatic rings. The fraction of sp³-hybridized carbons (Fsp3) is 0.667. The highest BCUT2D eigenvalue weighted by atomic mass is 35.5. The minimum absolute atomic E-state index is 0. The molecule has 3 N–H and O–H groups in total. The number of halogens is 1. The number of unbranched alkanes of at least 4 members (excludes halogenated alkanes) is 1. The summed E-state index contributed by atoms with van der Waals surface area (Å²) >= 11 is 0. The molecular formula is C27H40ClN3O5. The van der Waals surface area contributed by atoms with E-state index in [-0.39, 0.29) is 35.7 Å². The Balaban J connectivity index is 0.00000361. The van der Waals surface area contributed by atoms with Crippen LogP contribution in [0.15, 0.2) is 24.3 Å². The highest BCUT2D eigenvalue weighted by Gasteiger charge is 2.55. The second-order valence-electron chi connectivity index (χ2n) is 10.5. The molecular weight excluding hydrogens is 482 g/mol. The minimum atomic E-state index is -0.941. The molecule has 36 heavy (non-hydrogen) atoms. The maximum absolute atomic E-state index is 13.7. The van der Waals surface area contributed by atoms with Crippen LogP contribution in [0, 0.1) is 5.92 Å². The Hall–Kier alpha value is -2.16. The van der Waals surface area contributed by atoms with E-state index >= 15 is 0 Å². The van der Waals surface area contributed by atoms with E-state index in [0.717, 1.165) is 44.1 Å². The molecule has 0 bridgehead atoms. The number of carboxylic acid groups (broad SMARTS) is 1. The van der Waals surface area contributed by atoms with E-state index < -0.39 is 23.7 Å². The topological polar surface area (TPSA) is 110 Å². The van der Waals surface area contributed by atoms with Gasteiger partial charge in [0.2, 0.25) is 11.8 Å². The number of hydrogen-bond donors (Lipinski definition) is 3. The zero-order valence-corrected chi connectivity index (χ0v) is 22.0. The van der Waals surface area contributed by atoms with Gasteiger partial charge in [-0.3, -0.25) is 14.5 Å². The number of carbonyl (C=O) groups is 3. The van der Waals surface area contributed by atoms with Gasteiger partial charge in [0.25, 0.3) is 0 Å². The van der Waals surface area contributed by atoms with E-state index in [2.05, 4.69) is 17.1 Å². The number of aliphatic hydroxyl groups excluding tert-OH is 1. The second kappa shape index (κ2) is 12.4. The van der Waals surface area contributed by atoms with Gasteiger partial charge >= 0.3 is 5.97 Å². The molecule has 8 nitrogen and oxygen atoms in total. The van der Waals surface area contributed by atoms with Crippen LogP contribution in [0.25, 0.3) is 0 Å². The van der Waals surface area contributed by atoms with Gasteiger partial charge in [-0.2, -0.15) is 0 Å². The van der Waals surface area contributed by atoms with E-state index in [1.165, 1.54) is 6.42 Å². The average Bonchev–Trinajstić information content (AvgIpc) is 2.88. The summed E-state index contributed by atoms with van der Waals surface area (Å²) in [5.74, 6) is -1.13. The first-order chi connectivity index (χ1) is 16.9. The summed E-state index contributed by atoms with van der Waals surface area (Å²) < 4.78 is 0. The Labute approximate surface area is 219 Å². The van der Waals surface area contributed by atoms with Gasteiger partial charge in [0.1, 0.15) is 11.6 Å². The lowest BCUT2D eigenvalue weighted by atomic mass is 9.78. The molecule has 2 atom stereocenters. The highest BCUT2D eigenvalue weighted by molar-refractivity contribution is 6.00. The van der Waals surface area contributed by atoms with Crippen LogP contribution >= 0.6 is 12.4 Å². The molecule has 200 valence electrons. The molecule has 1 aromatic carbocycles. The zero-order chi connectivity index (χ0) is 25.0. The molecule has 2 amide bonds. The van der Waals surface area contributed by atoms with Crippen LogP contribution in [0.3, 0.4) is 0 Å². The monoisotopic (exact) mass is 521 g/mol. The first-order valence-corrected chi connectivity index (χ1v) is 13.2. The third-order valence-electron chi connectivity index (χ3n) is 8.26. The van der Waals surface area contributed by atoms with E-state index in [1.807, 2.05) is 12.1 Å². The molecule has 1 aliphatic carbocycles. The fourth-order valence-corrected chi connectivity index (χ4v) is 6.05. The van der Waals surface area contributed by atoms with Crippen molar-refractivity contribution in [1.29, 1.82) is 0 Å². The summed E-state index contributed by atoms with van der Waals surface area (Å²) in [4.78, 5) is 42.4. The van der Waals surface area contributed by atoms with Crippen molar-refractivity contribution < 1.29 is 24.6 Å². The molecule has 4 rings (SSSR count). The Morgan fingerprint density at radius 2 is 1.75 bits per heavy atom. The summed E-state index contributed by atoms with van der Waals surface area (Å²) in [5.41, 5.74) is 0.424. The minimum Gasteiger partial charge on any atom is -0.478 e. The summed E-state index contributed by atoms with van der Waals surface area (Å²) in [6, 6.07) is 6.03. The van der Waals surface area contributed by atoms with Crippen molar-refractivity contribution in [2.45, 2.75) is 88.9 Å². The van der Waals surface area contributed by atoms with Crippen LogP contribution in [0.1, 0.15) is 80.6 Å². The second-order valence-corrected chi connectivity index (χ2v) is 10.5. The van der Waals surface area contributed by atoms with Gasteiger partial charge in [-0.25, -0.2) is 4.79 Å². The standard InChI is InChI=1S/C27H39N3O5.ClH/c1-2-3-15-30-24(32)22(23(31)20-7-5-4-6-8-20)28-26(35)27(30)13-16-29(17-14-27)18-19-9-11-21(12-10-19)25(33)34;/h9-12,20,22-23,31H,2-8,13-18H2,1H3,(H,28,35)(H,33,34);1H/t22-,23-;/m1./s1. The Bertz CT molecular complexity index is 910. The normalized spacial score (nSPS) is 23.7. The lowest BCUT2D eigenvalue weighted by Crippen LogP contribution is -2.75. The number of nitrogens with one attached hydrogen (secondary N) is 1. The number of nitrogens with zero attached hydrogens (tertiary/aromatic N) is 2. The van der Waals surface area contributed by atoms with E-state index in [4.69, 9.17) is 5.11 Å². The van der Waals surface area contributed by atoms with Crippen molar-refractivity contribution >= 4 is 30.2 Å². The first kappa shape index (κ1) is 28.4. The predicted molar refractivity (Wildman–Crippen MR) is 139 cm³/mol. The number of rotatable bonds is 8. The predicted octanol–water partition coefficient (Wildman–Crippen LogP) is 3.21. The fourth-order valence-electron chi connectivity index (χ4n) is 6.05. The van der Waals surface area contributed by atoms with Crippen LogP contribution in [0.5, 0.6) is 0 Å². The summed E-state index contributed by atoms with van der Waals surface area (Å²) in [5, 5.41) is 23.1. The Morgan fingerprint density at radius 3 is 2.33 bits per heavy atom. The van der Waals surface area contributed by atoms with Crippen molar-refractivity contribution in [3.05, 3.63) is 35.4 Å². The van der Waals surface area contributed by atoms with Crippen LogP contribution in [0.2, 0.25) is 0 Å². The van der Waals surface area contributed by atoms with Crippen LogP contribution in [-0.4, -0.2) is 75.1 Å². The number of aromatic carboxylic acids is 1. The number of hydrogen-bond acceptors (Lipinski definition) is 5. The number of carboxylic acids is 1. The summed E-state index contributed by atoms with van der Waals surface area (Å²) in [6.45, 7) is 4.62. The maximum atomic E-state index is 13.7. The quantitative estimate of drug-likeness (QED) is 0.484. The van der Waals surface area contributed by atoms with Gasteiger partial charge in [0, 0.05) is 26.2 Å². The van der Waals surface area contributed by atoms with Gasteiger partial charge in [-0.05, 0) is 55.7 Å². The third-order valence-corrected chi connectivity index (χ3v) is 8.26. The van der Waals surface area contributed by atoms with E-state index in [9.17, 15) is 19.5 Å². The highest BCUT2D eigenvalue weighted by Crippen LogP contribution is 2.36. The SMILES string of the molecule is CCCCN1C(=O)[C@@H]([C@H](O)C2CCCCC2)NC(=O)C12CCN(Cc1ccc(C(=O)O)cc1)CC2.Cl. The largest absolute Gasteiger partial charge is 0.478 e. The zero-order valence-electron chi connectivity index (χ0n) is 21.2. The lowest BCUT2D eigenvalue weighted by molar-refractivity contribution is -0.166. The molecule has 0 aromatic heterocycles. The number of likely N-dealkylation sites (tertiary alicyclic amines) is 1. The molecule has 0 unspecified atom stereocenters. The van der Waals surface area contributed by atoms with E-state index in [1.54, 1.807) is 17.0 Å². The molecule has 3 aliphatic rings. The van der Waals surface area contributed by atoms with E-state index in [0.29, 0.717) is 39.0 Å². The molecule has 2 saturated heterocycles. The molecule has 0 radical (unpaired) electrons. The molecule has 2 heterocycles. The molecule has 2 aliphatic heterocycles. The van der Waals surface area contributed by atoms with Gasteiger partial charge in [0.15, 0.2) is 0 Å². The van der Waals surface area contributed by atoms with Gasteiger partial charge in [0.05, 0.1) is 11.7 Å². The van der Waals surface area contributed by atoms with Crippen LogP contribution < -0.4 is 5.32 Å². The van der Waals surface area contributed by atoms with Crippen molar-refractivity contribution in [3.63, 3.8) is 0 Å². The Kier molecular flexibility index (Phi) is 9.78. The van der Waals surface area contributed by atoms with Crippen molar-refractivity contribution in [3.8, 4) is 0 Å². The van der Waals surface area contributed by atoms with Crippen molar-refractivity contribution in [1.82, 2.24) is 15.1 Å². The van der Waals surface area contributed by atoms with Crippen LogP contribution in [0.4, 0.5) is 0 Å². The summed E-state index contributed by atoms with van der Waals surface area (Å²) in [6.07, 6.45) is 7.13. The molecule has 1 spiro atoms. The number of piperidine rings is 1. The van der Waals surface area contributed by atoms with Crippen molar-refractivity contribution in [2.24, 2.45) is 5.92 Å². The third kappa shape index (κ3) is 5.87. The molecule has 9 heteroatoms.